The minimum atomic E-state index is 0. The smallest absolute Gasteiger partial charge is 0.141 e. The monoisotopic (exact) mass is 103 g/mol. The Morgan fingerprint density at radius 2 is 1.43 bits per heavy atom. The molecule has 0 rings (SSSR count). The zero-order valence-electron chi connectivity index (χ0n) is 5.10. The standard InChI is InChI=1S/C5H11N.H2O/c1-5(2,3)4-6;/h4,6H,1-3H3;1H2. The largest absolute Gasteiger partial charge is 0.870 e. The van der Waals surface area contributed by atoms with Gasteiger partial charge in [-0.3, -0.25) is 5.41 Å². The molecule has 0 bridgehead atoms. The van der Waals surface area contributed by atoms with Crippen LogP contribution in [-0.2, 0) is 0 Å². The van der Waals surface area contributed by atoms with Crippen molar-refractivity contribution in [3.63, 3.8) is 0 Å². The minimum absolute atomic E-state index is 0. The number of hydrogen-bond acceptors (Lipinski definition) is 1. The third-order valence-electron chi connectivity index (χ3n) is 0.500. The van der Waals surface area contributed by atoms with Gasteiger partial charge >= 0.3 is 0 Å². The van der Waals surface area contributed by atoms with Crippen LogP contribution in [0, 0.1) is 5.41 Å². The van der Waals surface area contributed by atoms with Crippen LogP contribution in [-0.4, -0.2) is 11.7 Å². The van der Waals surface area contributed by atoms with E-state index in [1.165, 1.54) is 0 Å². The van der Waals surface area contributed by atoms with Crippen LogP contribution >= 0.6 is 0 Å². The van der Waals surface area contributed by atoms with Gasteiger partial charge in [0.15, 0.2) is 0 Å². The van der Waals surface area contributed by atoms with Crippen LogP contribution in [0.15, 0.2) is 0 Å². The molecular weight excluding hydrogens is 90.1 g/mol. The Bertz CT molecular complexity index is 53.6. The molecule has 7 heavy (non-hydrogen) atoms. The fourth-order valence-corrected chi connectivity index (χ4v) is 0. The Hall–Kier alpha value is -0.370. The van der Waals surface area contributed by atoms with Crippen molar-refractivity contribution in [2.45, 2.75) is 20.8 Å². The highest BCUT2D eigenvalue weighted by molar-refractivity contribution is 5.56. The molecule has 0 spiro atoms. The van der Waals surface area contributed by atoms with Crippen LogP contribution in [0.2, 0.25) is 0 Å². The number of nitrogens with two attached hydrogens (primary N) is 1. The predicted octanol–water partition coefficient (Wildman–Crippen LogP) is -0.314. The average Bonchev–Trinajstić information content (AvgIpc) is 1.35. The Balaban J connectivity index is 0. The molecular formula is C5H13NO. The summed E-state index contributed by atoms with van der Waals surface area (Å²) >= 11 is 0. The van der Waals surface area contributed by atoms with Gasteiger partial charge < -0.3 is 5.48 Å². The minimum Gasteiger partial charge on any atom is -0.870 e. The zero-order valence-corrected chi connectivity index (χ0v) is 5.10. The first-order chi connectivity index (χ1) is 2.56. The van der Waals surface area contributed by atoms with Crippen LogP contribution in [0.25, 0.3) is 0 Å². The molecule has 0 atom stereocenters. The van der Waals surface area contributed by atoms with Crippen molar-refractivity contribution in [2.24, 2.45) is 5.41 Å². The lowest BCUT2D eigenvalue weighted by molar-refractivity contribution is -0.113. The summed E-state index contributed by atoms with van der Waals surface area (Å²) in [7, 11) is 0. The highest BCUT2D eigenvalue weighted by Gasteiger charge is 2.06. The highest BCUT2D eigenvalue weighted by atomic mass is 16.0. The van der Waals surface area contributed by atoms with E-state index in [4.69, 9.17) is 5.41 Å². The van der Waals surface area contributed by atoms with Crippen molar-refractivity contribution in [1.29, 1.82) is 0 Å². The third-order valence-corrected chi connectivity index (χ3v) is 0.500. The van der Waals surface area contributed by atoms with Crippen LogP contribution in [0.4, 0.5) is 0 Å². The topological polar surface area (TPSA) is 55.6 Å². The number of rotatable bonds is 0. The fraction of sp³-hybridized carbons (Fsp3) is 0.800. The summed E-state index contributed by atoms with van der Waals surface area (Å²) in [4.78, 5) is 0. The lowest BCUT2D eigenvalue weighted by Gasteiger charge is -2.02. The second kappa shape index (κ2) is 2.75. The quantitative estimate of drug-likeness (QED) is 0.420. The fourth-order valence-electron chi connectivity index (χ4n) is 0. The second-order valence-corrected chi connectivity index (χ2v) is 2.53. The molecule has 0 fully saturated rings. The first kappa shape index (κ1) is 9.80. The van der Waals surface area contributed by atoms with Crippen molar-refractivity contribution in [2.75, 3.05) is 0 Å². The van der Waals surface area contributed by atoms with Gasteiger partial charge in [0.1, 0.15) is 6.21 Å². The summed E-state index contributed by atoms with van der Waals surface area (Å²) in [5.41, 5.74) is 0.194. The van der Waals surface area contributed by atoms with E-state index >= 15 is 0 Å². The molecule has 0 heterocycles. The van der Waals surface area contributed by atoms with E-state index < -0.39 is 0 Å². The Kier molecular flexibility index (Phi) is 3.85. The third kappa shape index (κ3) is 10.7. The predicted molar refractivity (Wildman–Crippen MR) is 29.4 cm³/mol. The maximum atomic E-state index is 5.18. The van der Waals surface area contributed by atoms with E-state index in [1.807, 2.05) is 0 Å². The van der Waals surface area contributed by atoms with Gasteiger partial charge in [0.2, 0.25) is 0 Å². The van der Waals surface area contributed by atoms with E-state index in [0.29, 0.717) is 0 Å². The van der Waals surface area contributed by atoms with Gasteiger partial charge in [-0.15, -0.1) is 0 Å². The van der Waals surface area contributed by atoms with Gasteiger partial charge in [-0.1, -0.05) is 20.8 Å². The van der Waals surface area contributed by atoms with Gasteiger partial charge in [-0.05, 0) is 0 Å². The van der Waals surface area contributed by atoms with Gasteiger partial charge in [0.25, 0.3) is 0 Å². The van der Waals surface area contributed by atoms with Crippen molar-refractivity contribution in [1.82, 2.24) is 0 Å². The molecule has 0 saturated heterocycles. The maximum absolute atomic E-state index is 5.18. The van der Waals surface area contributed by atoms with E-state index in [1.54, 1.807) is 6.21 Å². The Morgan fingerprint density at radius 1 is 1.29 bits per heavy atom. The molecule has 0 unspecified atom stereocenters. The average molecular weight is 103 g/mol. The summed E-state index contributed by atoms with van der Waals surface area (Å²) in [6.07, 6.45) is 1.69. The maximum Gasteiger partial charge on any atom is 0.141 e. The highest BCUT2D eigenvalue weighted by Crippen LogP contribution is 2.04. The van der Waals surface area contributed by atoms with Crippen molar-refractivity contribution >= 4 is 6.21 Å². The van der Waals surface area contributed by atoms with E-state index in [9.17, 15) is 0 Å². The van der Waals surface area contributed by atoms with Crippen LogP contribution in [0.3, 0.4) is 0 Å². The molecule has 0 aromatic rings. The Labute approximate surface area is 44.4 Å². The van der Waals surface area contributed by atoms with Crippen LogP contribution in [0.1, 0.15) is 20.8 Å². The van der Waals surface area contributed by atoms with Crippen molar-refractivity contribution < 1.29 is 10.9 Å². The molecule has 0 saturated carbocycles. The van der Waals surface area contributed by atoms with Gasteiger partial charge in [-0.25, -0.2) is 0 Å². The molecule has 0 amide bonds. The van der Waals surface area contributed by atoms with Crippen molar-refractivity contribution in [3.05, 3.63) is 0 Å². The summed E-state index contributed by atoms with van der Waals surface area (Å²) < 4.78 is 0. The molecule has 2 nitrogen and oxygen atoms in total. The van der Waals surface area contributed by atoms with Crippen LogP contribution < -0.4 is 5.41 Å². The molecule has 0 aromatic carbocycles. The Morgan fingerprint density at radius 3 is 1.43 bits per heavy atom. The molecule has 44 valence electrons. The first-order valence-electron chi connectivity index (χ1n) is 2.12. The summed E-state index contributed by atoms with van der Waals surface area (Å²) in [6, 6.07) is 0. The number of hydrogen-bond donors (Lipinski definition) is 1. The van der Waals surface area contributed by atoms with E-state index in [-0.39, 0.29) is 10.9 Å². The summed E-state index contributed by atoms with van der Waals surface area (Å²) in [5.74, 6) is 0. The zero-order chi connectivity index (χ0) is 5.21. The normalized spacial score (nSPS) is 9.57. The molecule has 2 heteroatoms. The molecule has 0 radical (unpaired) electrons. The van der Waals surface area contributed by atoms with Crippen LogP contribution in [0.5, 0.6) is 0 Å². The molecule has 0 aliphatic rings. The summed E-state index contributed by atoms with van der Waals surface area (Å²) in [6.45, 7) is 6.19. The first-order valence-corrected chi connectivity index (χ1v) is 2.12. The van der Waals surface area contributed by atoms with Gasteiger partial charge in [0, 0.05) is 5.41 Å². The molecule has 0 aromatic heterocycles. The second-order valence-electron chi connectivity index (χ2n) is 2.53. The lowest BCUT2D eigenvalue weighted by Crippen LogP contribution is -2.36. The van der Waals surface area contributed by atoms with Gasteiger partial charge in [0.05, 0.1) is 0 Å². The molecule has 0 aliphatic heterocycles. The SMILES string of the molecule is CC(C)(C)C=[NH2+].[OH-]. The van der Waals surface area contributed by atoms with E-state index in [0.717, 1.165) is 0 Å². The van der Waals surface area contributed by atoms with Crippen molar-refractivity contribution in [3.8, 4) is 0 Å². The molecule has 0 aliphatic carbocycles. The van der Waals surface area contributed by atoms with Gasteiger partial charge in [-0.2, -0.15) is 0 Å². The van der Waals surface area contributed by atoms with E-state index in [2.05, 4.69) is 20.8 Å². The molecule has 3 N–H and O–H groups in total. The summed E-state index contributed by atoms with van der Waals surface area (Å²) in [5, 5.41) is 5.18. The lowest BCUT2D eigenvalue weighted by atomic mass is 10.00.